The molecule has 1 fully saturated rings. The molecule has 0 aromatic heterocycles. The molecule has 0 aromatic rings. The third-order valence-electron chi connectivity index (χ3n) is 3.61. The van der Waals surface area contributed by atoms with Crippen LogP contribution >= 0.6 is 11.8 Å². The maximum absolute atomic E-state index is 11.7. The predicted octanol–water partition coefficient (Wildman–Crippen LogP) is 0.686. The van der Waals surface area contributed by atoms with Crippen molar-refractivity contribution in [3.05, 3.63) is 10.4 Å². The number of nitrogens with zero attached hydrogens (tertiary/aromatic N) is 3. The minimum atomic E-state index is -1.12. The summed E-state index contributed by atoms with van der Waals surface area (Å²) in [6, 6.07) is -0.870. The number of azide groups is 1. The van der Waals surface area contributed by atoms with E-state index >= 15 is 0 Å². The van der Waals surface area contributed by atoms with Crippen LogP contribution in [-0.2, 0) is 38.1 Å². The van der Waals surface area contributed by atoms with E-state index in [0.717, 1.165) is 0 Å². The molecule has 0 radical (unpaired) electrons. The van der Waals surface area contributed by atoms with Crippen molar-refractivity contribution in [3.8, 4) is 0 Å². The molecule has 0 aliphatic carbocycles. The second-order valence-electron chi connectivity index (χ2n) is 6.05. The van der Waals surface area contributed by atoms with Gasteiger partial charge in [0.05, 0.1) is 0 Å². The van der Waals surface area contributed by atoms with E-state index in [2.05, 4.69) is 15.3 Å². The maximum atomic E-state index is 11.7. The van der Waals surface area contributed by atoms with Crippen LogP contribution in [0, 0.1) is 0 Å². The molecular formula is C16H24N4O8S. The van der Waals surface area contributed by atoms with Crippen molar-refractivity contribution in [1.29, 1.82) is 0 Å². The molecule has 1 aliphatic rings. The summed E-state index contributed by atoms with van der Waals surface area (Å²) in [5, 5.41) is 6.09. The number of esters is 3. The number of carbonyl (C=O) groups excluding carboxylic acids is 4. The summed E-state index contributed by atoms with van der Waals surface area (Å²) in [6.45, 7) is 4.73. The number of ether oxygens (including phenoxy) is 4. The van der Waals surface area contributed by atoms with Gasteiger partial charge in [-0.3, -0.25) is 19.2 Å². The lowest BCUT2D eigenvalue weighted by Crippen LogP contribution is -2.65. The smallest absolute Gasteiger partial charge is 0.303 e. The van der Waals surface area contributed by atoms with Crippen LogP contribution in [0.15, 0.2) is 5.11 Å². The van der Waals surface area contributed by atoms with Crippen LogP contribution in [0.5, 0.6) is 0 Å². The minimum absolute atomic E-state index is 0.161. The Bertz CT molecular complexity index is 669. The fourth-order valence-electron chi connectivity index (χ4n) is 2.69. The molecule has 1 amide bonds. The van der Waals surface area contributed by atoms with Gasteiger partial charge in [0.15, 0.2) is 12.2 Å². The molecule has 0 spiro atoms. The lowest BCUT2D eigenvalue weighted by molar-refractivity contribution is -0.211. The highest BCUT2D eigenvalue weighted by atomic mass is 32.2. The Morgan fingerprint density at radius 3 is 2.21 bits per heavy atom. The Morgan fingerprint density at radius 2 is 1.69 bits per heavy atom. The van der Waals surface area contributed by atoms with Crippen molar-refractivity contribution in [2.45, 2.75) is 57.5 Å². The quantitative estimate of drug-likeness (QED) is 0.138. The van der Waals surface area contributed by atoms with Gasteiger partial charge in [-0.15, -0.1) is 11.8 Å². The van der Waals surface area contributed by atoms with Crippen LogP contribution in [0.3, 0.4) is 0 Å². The van der Waals surface area contributed by atoms with E-state index in [1.807, 2.05) is 0 Å². The summed E-state index contributed by atoms with van der Waals surface area (Å²) < 4.78 is 21.6. The molecule has 12 nitrogen and oxygen atoms in total. The van der Waals surface area contributed by atoms with E-state index < -0.39 is 53.6 Å². The molecule has 5 atom stereocenters. The molecule has 0 aromatic carbocycles. The summed E-state index contributed by atoms with van der Waals surface area (Å²) >= 11 is 1.20. The highest BCUT2D eigenvalue weighted by Crippen LogP contribution is 2.32. The predicted molar refractivity (Wildman–Crippen MR) is 100 cm³/mol. The van der Waals surface area contributed by atoms with Gasteiger partial charge in [0.2, 0.25) is 5.91 Å². The average Bonchev–Trinajstić information content (AvgIpc) is 2.60. The number of carbonyl (C=O) groups is 4. The molecule has 1 aliphatic heterocycles. The average molecular weight is 432 g/mol. The Balaban J connectivity index is 3.22. The Kier molecular flexibility index (Phi) is 10.3. The fraction of sp³-hybridized carbons (Fsp3) is 0.750. The number of hydrogen-bond donors (Lipinski definition) is 1. The second kappa shape index (κ2) is 12.1. The summed E-state index contributed by atoms with van der Waals surface area (Å²) in [5.74, 6) is -1.98. The van der Waals surface area contributed by atoms with Crippen LogP contribution in [0.2, 0.25) is 0 Å². The van der Waals surface area contributed by atoms with Gasteiger partial charge >= 0.3 is 17.9 Å². The van der Waals surface area contributed by atoms with Crippen LogP contribution in [0.1, 0.15) is 27.7 Å². The van der Waals surface area contributed by atoms with Gasteiger partial charge in [-0.25, -0.2) is 0 Å². The SMILES string of the molecule is CC(=O)N[C@@H]1[C@@H](OC(C)=O)[C@@H](OC(C)=O)[C@@H](COC(C)=O)O[C@H]1SCCN=[N+]=[N-]. The van der Waals surface area contributed by atoms with Crippen molar-refractivity contribution < 1.29 is 38.1 Å². The molecular weight excluding hydrogens is 408 g/mol. The van der Waals surface area contributed by atoms with Gasteiger partial charge < -0.3 is 24.3 Å². The Hall–Kier alpha value is -2.50. The molecule has 162 valence electrons. The molecule has 1 rings (SSSR count). The highest BCUT2D eigenvalue weighted by Gasteiger charge is 2.50. The third kappa shape index (κ3) is 8.59. The summed E-state index contributed by atoms with van der Waals surface area (Å²) in [6.07, 6.45) is -3.16. The van der Waals surface area contributed by atoms with Gasteiger partial charge in [-0.1, -0.05) is 5.11 Å². The van der Waals surface area contributed by atoms with Gasteiger partial charge in [0.1, 0.15) is 24.2 Å². The van der Waals surface area contributed by atoms with Crippen molar-refractivity contribution in [2.75, 3.05) is 18.9 Å². The van der Waals surface area contributed by atoms with Gasteiger partial charge in [0.25, 0.3) is 0 Å². The first-order chi connectivity index (χ1) is 13.6. The largest absolute Gasteiger partial charge is 0.463 e. The first kappa shape index (κ1) is 24.5. The fourth-order valence-corrected chi connectivity index (χ4v) is 3.76. The van der Waals surface area contributed by atoms with E-state index in [1.54, 1.807) is 0 Å². The molecule has 1 N–H and O–H groups in total. The number of nitrogens with one attached hydrogen (secondary N) is 1. The number of hydrogen-bond acceptors (Lipinski definition) is 10. The molecule has 29 heavy (non-hydrogen) atoms. The topological polar surface area (TPSA) is 166 Å². The third-order valence-corrected chi connectivity index (χ3v) is 4.76. The van der Waals surface area contributed by atoms with Crippen LogP contribution in [0.25, 0.3) is 10.4 Å². The van der Waals surface area contributed by atoms with Crippen molar-refractivity contribution in [2.24, 2.45) is 5.11 Å². The highest BCUT2D eigenvalue weighted by molar-refractivity contribution is 7.99. The maximum Gasteiger partial charge on any atom is 0.303 e. The van der Waals surface area contributed by atoms with Gasteiger partial charge in [-0.05, 0) is 5.53 Å². The van der Waals surface area contributed by atoms with Crippen LogP contribution in [-0.4, -0.2) is 72.5 Å². The monoisotopic (exact) mass is 432 g/mol. The normalized spacial score (nSPS) is 25.9. The zero-order valence-corrected chi connectivity index (χ0v) is 17.3. The lowest BCUT2D eigenvalue weighted by atomic mass is 9.97. The molecule has 1 heterocycles. The molecule has 0 bridgehead atoms. The zero-order valence-electron chi connectivity index (χ0n) is 16.5. The summed E-state index contributed by atoms with van der Waals surface area (Å²) in [4.78, 5) is 48.9. The van der Waals surface area contributed by atoms with Crippen molar-refractivity contribution >= 4 is 35.6 Å². The molecule has 13 heteroatoms. The number of thioether (sulfide) groups is 1. The lowest BCUT2D eigenvalue weighted by Gasteiger charge is -2.45. The van der Waals surface area contributed by atoms with Crippen LogP contribution in [0.4, 0.5) is 0 Å². The molecule has 0 saturated carbocycles. The van der Waals surface area contributed by atoms with Crippen molar-refractivity contribution in [3.63, 3.8) is 0 Å². The molecule has 1 saturated heterocycles. The minimum Gasteiger partial charge on any atom is -0.463 e. The zero-order chi connectivity index (χ0) is 22.0. The van der Waals surface area contributed by atoms with E-state index in [-0.39, 0.29) is 13.2 Å². The standard InChI is InChI=1S/C16H24N4O8S/c1-8(21)19-13-15(27-11(4)24)14(26-10(3)23)12(7-25-9(2)22)28-16(13)29-6-5-18-20-17/h12-16H,5-7H2,1-4H3,(H,19,21)/t12-,13-,14+,15-,16+/m1/s1. The number of amides is 1. The van der Waals surface area contributed by atoms with Crippen molar-refractivity contribution in [1.82, 2.24) is 5.32 Å². The van der Waals surface area contributed by atoms with E-state index in [9.17, 15) is 19.2 Å². The summed E-state index contributed by atoms with van der Waals surface area (Å²) in [7, 11) is 0. The van der Waals surface area contributed by atoms with E-state index in [0.29, 0.717) is 5.75 Å². The first-order valence-corrected chi connectivity index (χ1v) is 9.73. The van der Waals surface area contributed by atoms with E-state index in [1.165, 1.54) is 39.5 Å². The van der Waals surface area contributed by atoms with E-state index in [4.69, 9.17) is 24.5 Å². The Labute approximate surface area is 171 Å². The van der Waals surface area contributed by atoms with Gasteiger partial charge in [0, 0.05) is 44.9 Å². The second-order valence-corrected chi connectivity index (χ2v) is 7.25. The summed E-state index contributed by atoms with van der Waals surface area (Å²) in [5.41, 5.74) is 7.64. The molecule has 0 unspecified atom stereocenters. The first-order valence-electron chi connectivity index (χ1n) is 8.68. The Morgan fingerprint density at radius 1 is 1.07 bits per heavy atom. The van der Waals surface area contributed by atoms with Gasteiger partial charge in [-0.2, -0.15) is 0 Å². The van der Waals surface area contributed by atoms with Crippen LogP contribution < -0.4 is 5.32 Å². The number of rotatable bonds is 9.